The predicted octanol–water partition coefficient (Wildman–Crippen LogP) is 3.86. The van der Waals surface area contributed by atoms with Gasteiger partial charge in [0.2, 0.25) is 0 Å². The molecule has 0 saturated carbocycles. The summed E-state index contributed by atoms with van der Waals surface area (Å²) in [6, 6.07) is 9.34. The standard InChI is InChI=1S/C15H22BrN3/c1-11(2)19(9-5-8-17)15-7-6-13(10-14(15)16)12(3)18-4/h6-7,10-12,18H,5,9H2,1-4H3. The van der Waals surface area contributed by atoms with Crippen molar-refractivity contribution in [2.75, 3.05) is 18.5 Å². The number of hydrogen-bond acceptors (Lipinski definition) is 3. The van der Waals surface area contributed by atoms with Crippen LogP contribution in [0.5, 0.6) is 0 Å². The van der Waals surface area contributed by atoms with Gasteiger partial charge in [-0.3, -0.25) is 0 Å². The van der Waals surface area contributed by atoms with Crippen LogP contribution in [-0.2, 0) is 0 Å². The van der Waals surface area contributed by atoms with E-state index in [4.69, 9.17) is 5.26 Å². The quantitative estimate of drug-likeness (QED) is 0.864. The van der Waals surface area contributed by atoms with Crippen molar-refractivity contribution >= 4 is 21.6 Å². The second kappa shape index (κ2) is 7.52. The van der Waals surface area contributed by atoms with Crippen LogP contribution >= 0.6 is 15.9 Å². The average molecular weight is 324 g/mol. The summed E-state index contributed by atoms with van der Waals surface area (Å²) in [7, 11) is 1.96. The number of nitriles is 1. The minimum Gasteiger partial charge on any atom is -0.367 e. The molecule has 19 heavy (non-hydrogen) atoms. The van der Waals surface area contributed by atoms with Crippen LogP contribution in [0.25, 0.3) is 0 Å². The molecule has 0 heterocycles. The highest BCUT2D eigenvalue weighted by molar-refractivity contribution is 9.10. The number of nitrogens with zero attached hydrogens (tertiary/aromatic N) is 2. The number of benzene rings is 1. The molecule has 0 aliphatic carbocycles. The minimum absolute atomic E-state index is 0.331. The van der Waals surface area contributed by atoms with Crippen LogP contribution < -0.4 is 10.2 Å². The van der Waals surface area contributed by atoms with Gasteiger partial charge in [0, 0.05) is 23.1 Å². The van der Waals surface area contributed by atoms with Crippen LogP contribution in [0, 0.1) is 11.3 Å². The van der Waals surface area contributed by atoms with Crippen molar-refractivity contribution in [2.45, 2.75) is 39.3 Å². The molecule has 4 heteroatoms. The van der Waals surface area contributed by atoms with Gasteiger partial charge >= 0.3 is 0 Å². The third kappa shape index (κ3) is 4.22. The van der Waals surface area contributed by atoms with Crippen LogP contribution in [0.3, 0.4) is 0 Å². The third-order valence-electron chi connectivity index (χ3n) is 3.30. The Bertz CT molecular complexity index is 451. The molecule has 1 aromatic rings. The zero-order chi connectivity index (χ0) is 14.4. The van der Waals surface area contributed by atoms with Gasteiger partial charge in [0.1, 0.15) is 0 Å². The van der Waals surface area contributed by atoms with Crippen molar-refractivity contribution in [2.24, 2.45) is 0 Å². The molecule has 0 aliphatic rings. The van der Waals surface area contributed by atoms with E-state index in [1.807, 2.05) is 7.05 Å². The number of halogens is 1. The predicted molar refractivity (Wildman–Crippen MR) is 84.3 cm³/mol. The highest BCUT2D eigenvalue weighted by Gasteiger charge is 2.14. The Kier molecular flexibility index (Phi) is 6.33. The lowest BCUT2D eigenvalue weighted by molar-refractivity contribution is 0.650. The summed E-state index contributed by atoms with van der Waals surface area (Å²) < 4.78 is 1.08. The van der Waals surface area contributed by atoms with Crippen molar-refractivity contribution in [3.05, 3.63) is 28.2 Å². The molecule has 0 spiro atoms. The molecule has 3 nitrogen and oxygen atoms in total. The van der Waals surface area contributed by atoms with E-state index >= 15 is 0 Å². The Morgan fingerprint density at radius 1 is 1.37 bits per heavy atom. The largest absolute Gasteiger partial charge is 0.367 e. The SMILES string of the molecule is CNC(C)c1ccc(N(CCC#N)C(C)C)c(Br)c1. The normalized spacial score (nSPS) is 12.3. The zero-order valence-electron chi connectivity index (χ0n) is 12.1. The maximum Gasteiger partial charge on any atom is 0.0640 e. The van der Waals surface area contributed by atoms with E-state index in [2.05, 4.69) is 71.2 Å². The van der Waals surface area contributed by atoms with E-state index in [9.17, 15) is 0 Å². The second-order valence-corrected chi connectivity index (χ2v) is 5.77. The fraction of sp³-hybridized carbons (Fsp3) is 0.533. The van der Waals surface area contributed by atoms with E-state index in [-0.39, 0.29) is 0 Å². The van der Waals surface area contributed by atoms with Gasteiger partial charge in [-0.25, -0.2) is 0 Å². The molecule has 1 unspecified atom stereocenters. The van der Waals surface area contributed by atoms with Gasteiger partial charge in [-0.15, -0.1) is 0 Å². The maximum absolute atomic E-state index is 8.77. The first-order chi connectivity index (χ1) is 9.01. The average Bonchev–Trinajstić information content (AvgIpc) is 2.39. The molecule has 1 rings (SSSR count). The van der Waals surface area contributed by atoms with Crippen molar-refractivity contribution in [1.82, 2.24) is 5.32 Å². The van der Waals surface area contributed by atoms with Gasteiger partial charge in [-0.1, -0.05) is 6.07 Å². The smallest absolute Gasteiger partial charge is 0.0640 e. The monoisotopic (exact) mass is 323 g/mol. The molecule has 0 aliphatic heterocycles. The molecule has 1 atom stereocenters. The fourth-order valence-corrected chi connectivity index (χ4v) is 2.64. The first kappa shape index (κ1) is 16.0. The number of hydrogen-bond donors (Lipinski definition) is 1. The Labute approximate surface area is 124 Å². The van der Waals surface area contributed by atoms with Crippen molar-refractivity contribution in [1.29, 1.82) is 5.26 Å². The summed E-state index contributed by atoms with van der Waals surface area (Å²) in [5, 5.41) is 12.0. The summed E-state index contributed by atoms with van der Waals surface area (Å²) in [5.41, 5.74) is 2.40. The fourth-order valence-electron chi connectivity index (χ4n) is 2.02. The molecule has 0 amide bonds. The zero-order valence-corrected chi connectivity index (χ0v) is 13.7. The van der Waals surface area contributed by atoms with Crippen LogP contribution in [-0.4, -0.2) is 19.6 Å². The molecule has 1 aromatic carbocycles. The summed E-state index contributed by atoms with van der Waals surface area (Å²) in [4.78, 5) is 2.25. The Hall–Kier alpha value is -1.05. The van der Waals surface area contributed by atoms with E-state index in [0.717, 1.165) is 16.7 Å². The third-order valence-corrected chi connectivity index (χ3v) is 3.94. The first-order valence-corrected chi connectivity index (χ1v) is 7.40. The van der Waals surface area contributed by atoms with E-state index in [0.29, 0.717) is 18.5 Å². The Balaban J connectivity index is 3.02. The van der Waals surface area contributed by atoms with Gasteiger partial charge in [0.15, 0.2) is 0 Å². The lowest BCUT2D eigenvalue weighted by atomic mass is 10.1. The molecular formula is C15H22BrN3. The number of rotatable bonds is 6. The molecule has 0 aromatic heterocycles. The van der Waals surface area contributed by atoms with Crippen molar-refractivity contribution < 1.29 is 0 Å². The lowest BCUT2D eigenvalue weighted by Gasteiger charge is -2.29. The van der Waals surface area contributed by atoms with Crippen LogP contribution in [0.1, 0.15) is 38.8 Å². The van der Waals surface area contributed by atoms with E-state index in [1.165, 1.54) is 5.56 Å². The second-order valence-electron chi connectivity index (χ2n) is 4.92. The number of nitrogens with one attached hydrogen (secondary N) is 1. The molecule has 1 N–H and O–H groups in total. The molecule has 0 radical (unpaired) electrons. The lowest BCUT2D eigenvalue weighted by Crippen LogP contribution is -2.32. The maximum atomic E-state index is 8.77. The first-order valence-electron chi connectivity index (χ1n) is 6.61. The van der Waals surface area contributed by atoms with E-state index < -0.39 is 0 Å². The number of anilines is 1. The highest BCUT2D eigenvalue weighted by Crippen LogP contribution is 2.30. The summed E-state index contributed by atoms with van der Waals surface area (Å²) >= 11 is 3.65. The van der Waals surface area contributed by atoms with Gasteiger partial charge in [-0.2, -0.15) is 5.26 Å². The van der Waals surface area contributed by atoms with Crippen LogP contribution in [0.15, 0.2) is 22.7 Å². The van der Waals surface area contributed by atoms with Crippen LogP contribution in [0.2, 0.25) is 0 Å². The molecular weight excluding hydrogens is 302 g/mol. The highest BCUT2D eigenvalue weighted by atomic mass is 79.9. The van der Waals surface area contributed by atoms with Gasteiger partial charge in [-0.05, 0) is 61.4 Å². The summed E-state index contributed by atoms with van der Waals surface area (Å²) in [6.45, 7) is 7.19. The van der Waals surface area contributed by atoms with Gasteiger partial charge < -0.3 is 10.2 Å². The minimum atomic E-state index is 0.331. The topological polar surface area (TPSA) is 39.1 Å². The van der Waals surface area contributed by atoms with E-state index in [1.54, 1.807) is 0 Å². The summed E-state index contributed by atoms with van der Waals surface area (Å²) in [5.74, 6) is 0. The van der Waals surface area contributed by atoms with Gasteiger partial charge in [0.05, 0.1) is 18.2 Å². The van der Waals surface area contributed by atoms with Crippen molar-refractivity contribution in [3.8, 4) is 6.07 Å². The molecule has 0 fully saturated rings. The van der Waals surface area contributed by atoms with Crippen LogP contribution in [0.4, 0.5) is 5.69 Å². The Morgan fingerprint density at radius 2 is 2.05 bits per heavy atom. The molecule has 0 bridgehead atoms. The van der Waals surface area contributed by atoms with Crippen molar-refractivity contribution in [3.63, 3.8) is 0 Å². The summed E-state index contributed by atoms with van der Waals surface area (Å²) in [6.07, 6.45) is 0.541. The van der Waals surface area contributed by atoms with Gasteiger partial charge in [0.25, 0.3) is 0 Å². The molecule has 104 valence electrons. The molecule has 0 saturated heterocycles. The Morgan fingerprint density at radius 3 is 2.53 bits per heavy atom.